The molecule has 1 aromatic carbocycles. The van der Waals surface area contributed by atoms with E-state index in [0.717, 1.165) is 23.1 Å². The third kappa shape index (κ3) is 1.73. The highest BCUT2D eigenvalue weighted by molar-refractivity contribution is 6.31. The van der Waals surface area contributed by atoms with Crippen LogP contribution in [0.5, 0.6) is 0 Å². The average Bonchev–Trinajstić information content (AvgIpc) is 2.84. The van der Waals surface area contributed by atoms with Gasteiger partial charge in [-0.25, -0.2) is 4.98 Å². The van der Waals surface area contributed by atoms with E-state index in [2.05, 4.69) is 4.98 Å². The van der Waals surface area contributed by atoms with Crippen molar-refractivity contribution in [3.05, 3.63) is 28.6 Å². The molecule has 1 saturated heterocycles. The lowest BCUT2D eigenvalue weighted by Gasteiger charge is -2.16. The van der Waals surface area contributed by atoms with Crippen molar-refractivity contribution in [3.63, 3.8) is 0 Å². The Morgan fingerprint density at radius 1 is 1.47 bits per heavy atom. The molecule has 1 unspecified atom stereocenters. The van der Waals surface area contributed by atoms with Crippen molar-refractivity contribution < 1.29 is 9.15 Å². The van der Waals surface area contributed by atoms with Gasteiger partial charge in [0.15, 0.2) is 5.58 Å². The Morgan fingerprint density at radius 3 is 3.00 bits per heavy atom. The van der Waals surface area contributed by atoms with Gasteiger partial charge in [-0.1, -0.05) is 11.6 Å². The van der Waals surface area contributed by atoms with E-state index in [1.807, 2.05) is 13.0 Å². The van der Waals surface area contributed by atoms with Crippen LogP contribution in [0, 0.1) is 6.92 Å². The Hall–Kier alpha value is -1.10. The fourth-order valence-electron chi connectivity index (χ4n) is 2.12. The molecule has 5 heteroatoms. The maximum Gasteiger partial charge on any atom is 0.218 e. The quantitative estimate of drug-likeness (QED) is 0.846. The van der Waals surface area contributed by atoms with Crippen molar-refractivity contribution in [2.24, 2.45) is 5.73 Å². The molecule has 0 amide bonds. The molecule has 2 N–H and O–H groups in total. The van der Waals surface area contributed by atoms with Crippen LogP contribution in [0.4, 0.5) is 0 Å². The first-order valence-electron chi connectivity index (χ1n) is 5.52. The summed E-state index contributed by atoms with van der Waals surface area (Å²) in [5.74, 6) is 0.537. The maximum absolute atomic E-state index is 6.22. The van der Waals surface area contributed by atoms with Crippen LogP contribution in [0.15, 0.2) is 16.5 Å². The lowest BCUT2D eigenvalue weighted by molar-refractivity contribution is 0.170. The molecule has 0 spiro atoms. The molecule has 2 aromatic rings. The standard InChI is InChI=1S/C12H13ClN2O2/c1-7-4-8(13)5-9-10(7)17-11(15-9)12(14)2-3-16-6-12/h4-5H,2-3,6,14H2,1H3. The predicted molar refractivity (Wildman–Crippen MR) is 65.1 cm³/mol. The molecule has 1 fully saturated rings. The summed E-state index contributed by atoms with van der Waals surface area (Å²) in [6, 6.07) is 3.64. The molecule has 1 atom stereocenters. The van der Waals surface area contributed by atoms with Crippen LogP contribution in [0.3, 0.4) is 0 Å². The molecule has 90 valence electrons. The summed E-state index contributed by atoms with van der Waals surface area (Å²) < 4.78 is 11.1. The van der Waals surface area contributed by atoms with Crippen LogP contribution >= 0.6 is 11.6 Å². The molecular formula is C12H13ClN2O2. The fourth-order valence-corrected chi connectivity index (χ4v) is 2.39. The summed E-state index contributed by atoms with van der Waals surface area (Å²) in [6.07, 6.45) is 0.729. The van der Waals surface area contributed by atoms with Gasteiger partial charge in [-0.05, 0) is 31.0 Å². The van der Waals surface area contributed by atoms with Gasteiger partial charge in [0.2, 0.25) is 5.89 Å². The van der Waals surface area contributed by atoms with Crippen LogP contribution in [0.2, 0.25) is 5.02 Å². The molecule has 17 heavy (non-hydrogen) atoms. The number of rotatable bonds is 1. The number of halogens is 1. The van der Waals surface area contributed by atoms with Crippen LogP contribution < -0.4 is 5.73 Å². The van der Waals surface area contributed by atoms with Gasteiger partial charge in [0.25, 0.3) is 0 Å². The first-order valence-corrected chi connectivity index (χ1v) is 5.90. The first kappa shape index (κ1) is 11.0. The Balaban J connectivity index is 2.16. The molecule has 4 nitrogen and oxygen atoms in total. The Kier molecular flexibility index (Phi) is 2.40. The van der Waals surface area contributed by atoms with E-state index in [-0.39, 0.29) is 0 Å². The zero-order valence-corrected chi connectivity index (χ0v) is 10.3. The number of fused-ring (bicyclic) bond motifs is 1. The third-order valence-electron chi connectivity index (χ3n) is 3.12. The van der Waals surface area contributed by atoms with Crippen LogP contribution in [-0.2, 0) is 10.3 Å². The number of nitrogens with zero attached hydrogens (tertiary/aromatic N) is 1. The molecule has 0 bridgehead atoms. The molecular weight excluding hydrogens is 240 g/mol. The highest BCUT2D eigenvalue weighted by atomic mass is 35.5. The van der Waals surface area contributed by atoms with E-state index in [4.69, 9.17) is 26.5 Å². The van der Waals surface area contributed by atoms with E-state index in [9.17, 15) is 0 Å². The molecule has 3 rings (SSSR count). The topological polar surface area (TPSA) is 61.3 Å². The van der Waals surface area contributed by atoms with Crippen molar-refractivity contribution in [1.82, 2.24) is 4.98 Å². The number of hydrogen-bond donors (Lipinski definition) is 1. The second-order valence-corrected chi connectivity index (χ2v) is 4.99. The zero-order chi connectivity index (χ0) is 12.0. The first-order chi connectivity index (χ1) is 8.08. The van der Waals surface area contributed by atoms with Crippen molar-refractivity contribution in [2.75, 3.05) is 13.2 Å². The van der Waals surface area contributed by atoms with Gasteiger partial charge in [-0.2, -0.15) is 0 Å². The maximum atomic E-state index is 6.22. The van der Waals surface area contributed by atoms with Gasteiger partial charge in [-0.15, -0.1) is 0 Å². The molecule has 0 radical (unpaired) electrons. The highest BCUT2D eigenvalue weighted by Crippen LogP contribution is 2.32. The zero-order valence-electron chi connectivity index (χ0n) is 9.50. The normalized spacial score (nSPS) is 24.6. The smallest absolute Gasteiger partial charge is 0.218 e. The van der Waals surface area contributed by atoms with Crippen LogP contribution in [-0.4, -0.2) is 18.2 Å². The lowest BCUT2D eigenvalue weighted by atomic mass is 10.0. The predicted octanol–water partition coefficient (Wildman–Crippen LogP) is 2.36. The lowest BCUT2D eigenvalue weighted by Crippen LogP contribution is -2.37. The Morgan fingerprint density at radius 2 is 2.29 bits per heavy atom. The monoisotopic (exact) mass is 252 g/mol. The minimum atomic E-state index is -0.599. The number of aryl methyl sites for hydroxylation is 1. The molecule has 0 aliphatic carbocycles. The minimum absolute atomic E-state index is 0.451. The van der Waals surface area contributed by atoms with E-state index < -0.39 is 5.54 Å². The van der Waals surface area contributed by atoms with Gasteiger partial charge >= 0.3 is 0 Å². The number of oxazole rings is 1. The summed E-state index contributed by atoms with van der Waals surface area (Å²) in [5, 5.41) is 0.656. The Labute approximate surface area is 104 Å². The second-order valence-electron chi connectivity index (χ2n) is 4.55. The van der Waals surface area contributed by atoms with Crippen molar-refractivity contribution in [3.8, 4) is 0 Å². The number of benzene rings is 1. The van der Waals surface area contributed by atoms with E-state index in [0.29, 0.717) is 24.1 Å². The van der Waals surface area contributed by atoms with Gasteiger partial charge in [0, 0.05) is 11.6 Å². The number of aromatic nitrogens is 1. The van der Waals surface area contributed by atoms with Crippen molar-refractivity contribution in [2.45, 2.75) is 18.9 Å². The van der Waals surface area contributed by atoms with Crippen molar-refractivity contribution >= 4 is 22.7 Å². The average molecular weight is 253 g/mol. The van der Waals surface area contributed by atoms with E-state index in [1.165, 1.54) is 0 Å². The summed E-state index contributed by atoms with van der Waals surface area (Å²) >= 11 is 5.99. The van der Waals surface area contributed by atoms with E-state index in [1.54, 1.807) is 6.07 Å². The summed E-state index contributed by atoms with van der Waals surface area (Å²) in [6.45, 7) is 3.04. The van der Waals surface area contributed by atoms with Gasteiger partial charge in [-0.3, -0.25) is 0 Å². The van der Waals surface area contributed by atoms with Gasteiger partial charge in [0.05, 0.1) is 6.61 Å². The molecule has 2 heterocycles. The fraction of sp³-hybridized carbons (Fsp3) is 0.417. The minimum Gasteiger partial charge on any atom is -0.438 e. The van der Waals surface area contributed by atoms with Crippen molar-refractivity contribution in [1.29, 1.82) is 0 Å². The summed E-state index contributed by atoms with van der Waals surface area (Å²) in [5.41, 5.74) is 8.09. The van der Waals surface area contributed by atoms with E-state index >= 15 is 0 Å². The van der Waals surface area contributed by atoms with Crippen LogP contribution in [0.1, 0.15) is 17.9 Å². The molecule has 1 aliphatic rings. The number of ether oxygens (including phenoxy) is 1. The second kappa shape index (κ2) is 3.70. The highest BCUT2D eigenvalue weighted by Gasteiger charge is 2.37. The molecule has 0 saturated carbocycles. The number of nitrogens with two attached hydrogens (primary N) is 1. The van der Waals surface area contributed by atoms with Gasteiger partial charge in [0.1, 0.15) is 11.1 Å². The SMILES string of the molecule is Cc1cc(Cl)cc2nc(C3(N)CCOC3)oc12. The molecule has 1 aliphatic heterocycles. The summed E-state index contributed by atoms with van der Waals surface area (Å²) in [4.78, 5) is 4.43. The molecule has 1 aromatic heterocycles. The number of hydrogen-bond acceptors (Lipinski definition) is 4. The summed E-state index contributed by atoms with van der Waals surface area (Å²) in [7, 11) is 0. The van der Waals surface area contributed by atoms with Gasteiger partial charge < -0.3 is 14.9 Å². The third-order valence-corrected chi connectivity index (χ3v) is 3.34. The van der Waals surface area contributed by atoms with Crippen LogP contribution in [0.25, 0.3) is 11.1 Å². The Bertz CT molecular complexity index is 573. The largest absolute Gasteiger partial charge is 0.438 e.